The Hall–Kier alpha value is -0.670. The summed E-state index contributed by atoms with van der Waals surface area (Å²) in [5.74, 6) is -3.16. The van der Waals surface area contributed by atoms with E-state index < -0.39 is 22.4 Å². The highest BCUT2D eigenvalue weighted by Gasteiger charge is 2.15. The van der Waals surface area contributed by atoms with Gasteiger partial charge in [0.2, 0.25) is 0 Å². The van der Waals surface area contributed by atoms with Crippen LogP contribution in [0.1, 0.15) is 10.4 Å². The summed E-state index contributed by atoms with van der Waals surface area (Å²) in [5.41, 5.74) is -0.101. The molecule has 0 N–H and O–H groups in total. The van der Waals surface area contributed by atoms with E-state index in [1.807, 2.05) is 0 Å². The van der Waals surface area contributed by atoms with Crippen LogP contribution in [0.5, 0.6) is 0 Å². The van der Waals surface area contributed by atoms with Gasteiger partial charge in [-0.2, -0.15) is 0 Å². The van der Waals surface area contributed by atoms with E-state index in [-0.39, 0.29) is 11.4 Å². The van der Waals surface area contributed by atoms with Crippen molar-refractivity contribution >= 4 is 29.0 Å². The van der Waals surface area contributed by atoms with Crippen LogP contribution in [-0.4, -0.2) is 11.7 Å². The summed E-state index contributed by atoms with van der Waals surface area (Å²) in [6.07, 6.45) is 0. The maximum absolute atomic E-state index is 12.8. The Morgan fingerprint density at radius 3 is 2.54 bits per heavy atom. The largest absolute Gasteiger partial charge is 0.293 e. The van der Waals surface area contributed by atoms with Gasteiger partial charge in [0, 0.05) is 5.56 Å². The zero-order chi connectivity index (χ0) is 10.0. The van der Waals surface area contributed by atoms with Crippen LogP contribution in [-0.2, 0) is 0 Å². The van der Waals surface area contributed by atoms with E-state index in [4.69, 9.17) is 23.2 Å². The molecule has 0 atom stereocenters. The summed E-state index contributed by atoms with van der Waals surface area (Å²) in [6.45, 7) is 0. The van der Waals surface area contributed by atoms with Gasteiger partial charge in [-0.05, 0) is 12.1 Å². The molecule has 0 saturated carbocycles. The highest BCUT2D eigenvalue weighted by molar-refractivity contribution is 6.37. The van der Waals surface area contributed by atoms with Gasteiger partial charge in [0.25, 0.3) is 0 Å². The second kappa shape index (κ2) is 4.03. The molecule has 0 aromatic heterocycles. The molecule has 0 spiro atoms. The zero-order valence-electron chi connectivity index (χ0n) is 6.28. The molecule has 0 amide bonds. The summed E-state index contributed by atoms with van der Waals surface area (Å²) >= 11 is 10.6. The van der Waals surface area contributed by atoms with Crippen LogP contribution in [0.2, 0.25) is 5.02 Å². The molecule has 0 saturated heterocycles. The van der Waals surface area contributed by atoms with Gasteiger partial charge in [0.05, 0.1) is 10.9 Å². The Bertz CT molecular complexity index is 352. The third kappa shape index (κ3) is 1.98. The smallest absolute Gasteiger partial charge is 0.179 e. The first-order valence-corrected chi connectivity index (χ1v) is 4.22. The number of halogens is 4. The molecule has 1 aromatic carbocycles. The van der Waals surface area contributed by atoms with Gasteiger partial charge in [0.1, 0.15) is 0 Å². The molecule has 1 nitrogen and oxygen atoms in total. The molecular formula is C8H4Cl2F2O. The second-order valence-corrected chi connectivity index (χ2v) is 2.92. The number of rotatable bonds is 2. The molecule has 13 heavy (non-hydrogen) atoms. The van der Waals surface area contributed by atoms with Gasteiger partial charge in [-0.15, -0.1) is 11.6 Å². The number of carbonyl (C=O) groups is 1. The number of hydrogen-bond donors (Lipinski definition) is 0. The number of hydrogen-bond acceptors (Lipinski definition) is 1. The lowest BCUT2D eigenvalue weighted by Crippen LogP contribution is -2.03. The van der Waals surface area contributed by atoms with Gasteiger partial charge in [-0.25, -0.2) is 8.78 Å². The van der Waals surface area contributed by atoms with Crippen molar-refractivity contribution in [1.29, 1.82) is 0 Å². The molecule has 0 aliphatic carbocycles. The van der Waals surface area contributed by atoms with E-state index in [2.05, 4.69) is 0 Å². The fourth-order valence-corrected chi connectivity index (χ4v) is 1.22. The Morgan fingerprint density at radius 2 is 2.00 bits per heavy atom. The number of alkyl halides is 1. The topological polar surface area (TPSA) is 17.1 Å². The van der Waals surface area contributed by atoms with E-state index in [1.165, 1.54) is 0 Å². The van der Waals surface area contributed by atoms with Crippen LogP contribution >= 0.6 is 23.2 Å². The zero-order valence-corrected chi connectivity index (χ0v) is 7.79. The van der Waals surface area contributed by atoms with Gasteiger partial charge in [-0.1, -0.05) is 11.6 Å². The van der Waals surface area contributed by atoms with Crippen LogP contribution in [0.15, 0.2) is 12.1 Å². The molecule has 0 radical (unpaired) electrons. The molecular weight excluding hydrogens is 221 g/mol. The molecule has 0 unspecified atom stereocenters. The van der Waals surface area contributed by atoms with Crippen LogP contribution in [0.25, 0.3) is 0 Å². The molecule has 70 valence electrons. The SMILES string of the molecule is O=C(CCl)c1ccc(F)c(F)c1Cl. The summed E-state index contributed by atoms with van der Waals surface area (Å²) in [5, 5.41) is -0.523. The number of ketones is 1. The normalized spacial score (nSPS) is 10.2. The molecule has 0 fully saturated rings. The van der Waals surface area contributed by atoms with Gasteiger partial charge in [-0.3, -0.25) is 4.79 Å². The standard InChI is InChI=1S/C8H4Cl2F2O/c9-3-6(13)4-1-2-5(11)8(12)7(4)10/h1-2H,3H2. The summed E-state index contributed by atoms with van der Waals surface area (Å²) in [6, 6.07) is 1.94. The number of carbonyl (C=O) groups excluding carboxylic acids is 1. The van der Waals surface area contributed by atoms with Crippen molar-refractivity contribution in [2.24, 2.45) is 0 Å². The maximum Gasteiger partial charge on any atom is 0.179 e. The first-order chi connectivity index (χ1) is 6.07. The van der Waals surface area contributed by atoms with Crippen molar-refractivity contribution in [1.82, 2.24) is 0 Å². The maximum atomic E-state index is 12.8. The first kappa shape index (κ1) is 10.4. The Balaban J connectivity index is 3.26. The quantitative estimate of drug-likeness (QED) is 0.429. The summed E-state index contributed by atoms with van der Waals surface area (Å²) in [7, 11) is 0. The van der Waals surface area contributed by atoms with Crippen molar-refractivity contribution in [2.45, 2.75) is 0 Å². The van der Waals surface area contributed by atoms with Crippen molar-refractivity contribution in [3.05, 3.63) is 34.4 Å². The minimum absolute atomic E-state index is 0.101. The fraction of sp³-hybridized carbons (Fsp3) is 0.125. The van der Waals surface area contributed by atoms with Gasteiger partial charge in [0.15, 0.2) is 17.4 Å². The lowest BCUT2D eigenvalue weighted by molar-refractivity contribution is 0.102. The Morgan fingerprint density at radius 1 is 1.38 bits per heavy atom. The summed E-state index contributed by atoms with van der Waals surface area (Å²) in [4.78, 5) is 11.0. The van der Waals surface area contributed by atoms with Crippen molar-refractivity contribution in [2.75, 3.05) is 5.88 Å². The van der Waals surface area contributed by atoms with E-state index in [0.717, 1.165) is 12.1 Å². The molecule has 0 bridgehead atoms. The Labute approximate surface area is 83.3 Å². The lowest BCUT2D eigenvalue weighted by atomic mass is 10.1. The first-order valence-electron chi connectivity index (χ1n) is 3.30. The third-order valence-corrected chi connectivity index (χ3v) is 2.07. The van der Waals surface area contributed by atoms with E-state index in [0.29, 0.717) is 0 Å². The minimum Gasteiger partial charge on any atom is -0.293 e. The van der Waals surface area contributed by atoms with E-state index >= 15 is 0 Å². The van der Waals surface area contributed by atoms with Crippen LogP contribution < -0.4 is 0 Å². The number of Topliss-reactive ketones (excluding diaryl/α,β-unsaturated/α-hetero) is 1. The van der Waals surface area contributed by atoms with Gasteiger partial charge < -0.3 is 0 Å². The van der Waals surface area contributed by atoms with Crippen LogP contribution in [0.4, 0.5) is 8.78 Å². The molecule has 0 aliphatic heterocycles. The molecule has 0 heterocycles. The molecule has 0 aliphatic rings. The highest BCUT2D eigenvalue weighted by atomic mass is 35.5. The second-order valence-electron chi connectivity index (χ2n) is 2.28. The highest BCUT2D eigenvalue weighted by Crippen LogP contribution is 2.22. The third-order valence-electron chi connectivity index (χ3n) is 1.46. The van der Waals surface area contributed by atoms with Crippen molar-refractivity contribution in [3.63, 3.8) is 0 Å². The molecule has 1 rings (SSSR count). The lowest BCUT2D eigenvalue weighted by Gasteiger charge is -2.01. The van der Waals surface area contributed by atoms with E-state index in [9.17, 15) is 13.6 Å². The number of benzene rings is 1. The average Bonchev–Trinajstić information content (AvgIpc) is 2.13. The van der Waals surface area contributed by atoms with E-state index in [1.54, 1.807) is 0 Å². The van der Waals surface area contributed by atoms with Gasteiger partial charge >= 0.3 is 0 Å². The summed E-state index contributed by atoms with van der Waals surface area (Å²) < 4.78 is 25.3. The van der Waals surface area contributed by atoms with Crippen molar-refractivity contribution in [3.8, 4) is 0 Å². The van der Waals surface area contributed by atoms with Crippen molar-refractivity contribution < 1.29 is 13.6 Å². The molecule has 1 aromatic rings. The predicted molar refractivity (Wildman–Crippen MR) is 46.4 cm³/mol. The molecule has 5 heteroatoms. The minimum atomic E-state index is -1.22. The van der Waals surface area contributed by atoms with Crippen LogP contribution in [0.3, 0.4) is 0 Å². The van der Waals surface area contributed by atoms with Crippen LogP contribution in [0, 0.1) is 11.6 Å². The predicted octanol–water partition coefficient (Wildman–Crippen LogP) is 3.04. The Kier molecular flexibility index (Phi) is 3.22. The average molecular weight is 225 g/mol. The fourth-order valence-electron chi connectivity index (χ4n) is 0.813. The monoisotopic (exact) mass is 224 g/mol.